The Labute approximate surface area is 213 Å². The van der Waals surface area contributed by atoms with Crippen LogP contribution >= 0.6 is 12.6 Å². The molecule has 1 saturated carbocycles. The van der Waals surface area contributed by atoms with Crippen molar-refractivity contribution in [1.82, 2.24) is 15.5 Å². The smallest absolute Gasteiger partial charge is 0.408 e. The van der Waals surface area contributed by atoms with Crippen LogP contribution < -0.4 is 10.6 Å². The van der Waals surface area contributed by atoms with Gasteiger partial charge in [-0.25, -0.2) is 4.79 Å². The van der Waals surface area contributed by atoms with E-state index in [0.29, 0.717) is 11.1 Å². The number of hydrogen-bond donors (Lipinski definition) is 4. The first kappa shape index (κ1) is 28.5. The first-order valence-electron chi connectivity index (χ1n) is 12.0. The molecular weight excluding hydrogens is 466 g/mol. The molecule has 1 aromatic carbocycles. The number of alkyl carbamates (subject to hydrolysis) is 1. The Morgan fingerprint density at radius 1 is 1.20 bits per heavy atom. The molecule has 1 aliphatic rings. The fourth-order valence-corrected chi connectivity index (χ4v) is 4.32. The van der Waals surface area contributed by atoms with Gasteiger partial charge in [0.05, 0.1) is 6.61 Å². The van der Waals surface area contributed by atoms with E-state index in [1.807, 2.05) is 0 Å². The van der Waals surface area contributed by atoms with Gasteiger partial charge >= 0.3 is 6.09 Å². The minimum Gasteiger partial charge on any atom is -0.444 e. The monoisotopic (exact) mass is 503 g/mol. The molecule has 35 heavy (non-hydrogen) atoms. The minimum atomic E-state index is -1.06. The van der Waals surface area contributed by atoms with Gasteiger partial charge in [0.15, 0.2) is 0 Å². The molecule has 1 aliphatic carbocycles. The Kier molecular flexibility index (Phi) is 10.9. The Balaban J connectivity index is 2.36. The highest BCUT2D eigenvalue weighted by molar-refractivity contribution is 7.80. The van der Waals surface area contributed by atoms with Crippen molar-refractivity contribution in [3.8, 4) is 12.3 Å². The Morgan fingerprint density at radius 2 is 1.83 bits per heavy atom. The molecule has 192 valence electrons. The van der Waals surface area contributed by atoms with Crippen LogP contribution in [0.2, 0.25) is 0 Å². The summed E-state index contributed by atoms with van der Waals surface area (Å²) in [5, 5.41) is 15.4. The van der Waals surface area contributed by atoms with E-state index in [9.17, 15) is 19.5 Å². The molecule has 2 rings (SSSR count). The summed E-state index contributed by atoms with van der Waals surface area (Å²) in [7, 11) is 0. The van der Waals surface area contributed by atoms with E-state index in [4.69, 9.17) is 11.2 Å². The van der Waals surface area contributed by atoms with Gasteiger partial charge in [-0.1, -0.05) is 37.3 Å². The third-order valence-corrected chi connectivity index (χ3v) is 6.07. The fraction of sp³-hybridized carbons (Fsp3) is 0.577. The largest absolute Gasteiger partial charge is 0.444 e. The molecule has 0 bridgehead atoms. The molecular formula is C26H37N3O5S. The predicted molar refractivity (Wildman–Crippen MR) is 138 cm³/mol. The van der Waals surface area contributed by atoms with E-state index in [-0.39, 0.29) is 30.9 Å². The molecule has 0 spiro atoms. The molecule has 0 saturated heterocycles. The van der Waals surface area contributed by atoms with Crippen molar-refractivity contribution in [3.05, 3.63) is 35.4 Å². The SMILES string of the molecule is C#Cc1ccc(C(C(=O)NC2CCCCC2)N(CCO)C(=O)C(CS)NC(=O)OC(C)(C)C)cc1. The van der Waals surface area contributed by atoms with Crippen LogP contribution in [0.1, 0.15) is 70.0 Å². The average Bonchev–Trinajstić information content (AvgIpc) is 2.81. The summed E-state index contributed by atoms with van der Waals surface area (Å²) in [6, 6.07) is 4.75. The number of hydrogen-bond acceptors (Lipinski definition) is 6. The first-order valence-corrected chi connectivity index (χ1v) is 12.6. The van der Waals surface area contributed by atoms with Gasteiger partial charge in [-0.3, -0.25) is 9.59 Å². The van der Waals surface area contributed by atoms with Crippen LogP contribution in [0.25, 0.3) is 0 Å². The van der Waals surface area contributed by atoms with Crippen molar-refractivity contribution in [3.63, 3.8) is 0 Å². The van der Waals surface area contributed by atoms with Gasteiger partial charge in [0.2, 0.25) is 11.8 Å². The summed E-state index contributed by atoms with van der Waals surface area (Å²) >= 11 is 4.24. The summed E-state index contributed by atoms with van der Waals surface area (Å²) in [6.07, 6.45) is 9.67. The lowest BCUT2D eigenvalue weighted by Gasteiger charge is -2.35. The highest BCUT2D eigenvalue weighted by Gasteiger charge is 2.36. The van der Waals surface area contributed by atoms with Gasteiger partial charge in [0.1, 0.15) is 17.7 Å². The van der Waals surface area contributed by atoms with Crippen LogP contribution in [0, 0.1) is 12.3 Å². The molecule has 3 N–H and O–H groups in total. The first-order chi connectivity index (χ1) is 16.6. The summed E-state index contributed by atoms with van der Waals surface area (Å²) in [5.41, 5.74) is 0.439. The number of ether oxygens (including phenoxy) is 1. The standard InChI is InChI=1S/C26H37N3O5S/c1-5-18-11-13-19(14-12-18)22(23(31)27-20-9-7-6-8-10-20)29(15-16-30)24(32)21(17-35)28-25(33)34-26(2,3)4/h1,11-14,20-22,30,35H,6-10,15-17H2,2-4H3,(H,27,31)(H,28,33). The van der Waals surface area contributed by atoms with Gasteiger partial charge < -0.3 is 25.4 Å². The van der Waals surface area contributed by atoms with Crippen molar-refractivity contribution in [2.45, 2.75) is 76.6 Å². The van der Waals surface area contributed by atoms with Crippen molar-refractivity contribution < 1.29 is 24.2 Å². The topological polar surface area (TPSA) is 108 Å². The number of aliphatic hydroxyl groups excluding tert-OH is 1. The normalized spacial score (nSPS) is 15.9. The third kappa shape index (κ3) is 8.79. The van der Waals surface area contributed by atoms with Crippen molar-refractivity contribution in [2.75, 3.05) is 18.9 Å². The minimum absolute atomic E-state index is 0.0208. The predicted octanol–water partition coefficient (Wildman–Crippen LogP) is 2.80. The lowest BCUT2D eigenvalue weighted by Crippen LogP contribution is -2.55. The number of nitrogens with zero attached hydrogens (tertiary/aromatic N) is 1. The van der Waals surface area contributed by atoms with Crippen LogP contribution in [-0.2, 0) is 14.3 Å². The van der Waals surface area contributed by atoms with E-state index in [2.05, 4.69) is 29.2 Å². The van der Waals surface area contributed by atoms with Gasteiger partial charge in [0, 0.05) is 23.9 Å². The van der Waals surface area contributed by atoms with Crippen molar-refractivity contribution >= 4 is 30.5 Å². The molecule has 8 nitrogen and oxygen atoms in total. The molecule has 1 fully saturated rings. The van der Waals surface area contributed by atoms with Gasteiger partial charge in [-0.05, 0) is 51.3 Å². The van der Waals surface area contributed by atoms with Crippen LogP contribution in [-0.4, -0.2) is 64.5 Å². The van der Waals surface area contributed by atoms with Gasteiger partial charge in [-0.2, -0.15) is 12.6 Å². The van der Waals surface area contributed by atoms with Crippen molar-refractivity contribution in [1.29, 1.82) is 0 Å². The van der Waals surface area contributed by atoms with Gasteiger partial charge in [-0.15, -0.1) is 6.42 Å². The highest BCUT2D eigenvalue weighted by atomic mass is 32.1. The molecule has 0 heterocycles. The summed E-state index contributed by atoms with van der Waals surface area (Å²) in [6.45, 7) is 4.67. The molecule has 2 atom stereocenters. The molecule has 9 heteroatoms. The van der Waals surface area contributed by atoms with Crippen LogP contribution in [0.15, 0.2) is 24.3 Å². The number of amides is 3. The van der Waals surface area contributed by atoms with Crippen molar-refractivity contribution in [2.24, 2.45) is 0 Å². The molecule has 0 aliphatic heterocycles. The summed E-state index contributed by atoms with van der Waals surface area (Å²) < 4.78 is 5.28. The number of aliphatic hydroxyl groups is 1. The number of rotatable bonds is 9. The van der Waals surface area contributed by atoms with Gasteiger partial charge in [0.25, 0.3) is 0 Å². The average molecular weight is 504 g/mol. The van der Waals surface area contributed by atoms with Crippen LogP contribution in [0.5, 0.6) is 0 Å². The molecule has 3 amide bonds. The maximum atomic E-state index is 13.6. The highest BCUT2D eigenvalue weighted by Crippen LogP contribution is 2.25. The molecule has 0 aromatic heterocycles. The van der Waals surface area contributed by atoms with Crippen LogP contribution in [0.3, 0.4) is 0 Å². The van der Waals surface area contributed by atoms with E-state index >= 15 is 0 Å². The zero-order valence-electron chi connectivity index (χ0n) is 20.8. The second kappa shape index (κ2) is 13.4. The van der Waals surface area contributed by atoms with E-state index in [1.54, 1.807) is 45.0 Å². The molecule has 1 aromatic rings. The number of carbonyl (C=O) groups is 3. The second-order valence-corrected chi connectivity index (χ2v) is 10.0. The quantitative estimate of drug-likeness (QED) is 0.306. The fourth-order valence-electron chi connectivity index (χ4n) is 4.07. The van der Waals surface area contributed by atoms with Crippen LogP contribution in [0.4, 0.5) is 4.79 Å². The number of thiol groups is 1. The molecule has 2 unspecified atom stereocenters. The maximum Gasteiger partial charge on any atom is 0.408 e. The third-order valence-electron chi connectivity index (χ3n) is 5.70. The summed E-state index contributed by atoms with van der Waals surface area (Å²) in [5.74, 6) is 1.62. The lowest BCUT2D eigenvalue weighted by molar-refractivity contribution is -0.143. The number of benzene rings is 1. The Hall–Kier alpha value is -2.70. The van der Waals surface area contributed by atoms with E-state index < -0.39 is 29.7 Å². The van der Waals surface area contributed by atoms with E-state index in [1.165, 1.54) is 4.90 Å². The summed E-state index contributed by atoms with van der Waals surface area (Å²) in [4.78, 5) is 40.7. The maximum absolute atomic E-state index is 13.6. The second-order valence-electron chi connectivity index (χ2n) is 9.65. The Bertz CT molecular complexity index is 901. The Morgan fingerprint density at radius 3 is 2.34 bits per heavy atom. The molecule has 0 radical (unpaired) electrons. The number of carbonyl (C=O) groups excluding carboxylic acids is 3. The lowest BCUT2D eigenvalue weighted by atomic mass is 9.94. The zero-order chi connectivity index (χ0) is 26.0. The number of nitrogens with one attached hydrogen (secondary N) is 2. The van der Waals surface area contributed by atoms with E-state index in [0.717, 1.165) is 32.1 Å². The zero-order valence-corrected chi connectivity index (χ0v) is 21.6. The number of terminal acetylenes is 1.